The molecule has 0 saturated heterocycles. The number of fused-ring (bicyclic) bond motifs is 3. The zero-order valence-corrected chi connectivity index (χ0v) is 11.4. The molecular weight excluding hydrogens is 248 g/mol. The van der Waals surface area contributed by atoms with Gasteiger partial charge in [0, 0.05) is 12.0 Å². The predicted octanol–water partition coefficient (Wildman–Crippen LogP) is 3.92. The first-order chi connectivity index (χ1) is 9.81. The monoisotopic (exact) mass is 264 g/mol. The third kappa shape index (κ3) is 2.14. The van der Waals surface area contributed by atoms with Crippen LogP contribution < -0.4 is 0 Å². The molecule has 0 spiro atoms. The van der Waals surface area contributed by atoms with Crippen LogP contribution in [0.3, 0.4) is 0 Å². The molecule has 0 aliphatic heterocycles. The average molecular weight is 264 g/mol. The lowest BCUT2D eigenvalue weighted by Gasteiger charge is -2.13. The van der Waals surface area contributed by atoms with Crippen LogP contribution in [0.25, 0.3) is 11.1 Å². The number of hydrogen-bond donors (Lipinski definition) is 0. The van der Waals surface area contributed by atoms with E-state index in [1.165, 1.54) is 28.3 Å². The quantitative estimate of drug-likeness (QED) is 0.620. The molecule has 2 nitrogen and oxygen atoms in total. The molecule has 3 rings (SSSR count). The summed E-state index contributed by atoms with van der Waals surface area (Å²) in [5, 5.41) is 0. The van der Waals surface area contributed by atoms with Crippen molar-refractivity contribution in [1.82, 2.24) is 0 Å². The molecule has 0 fully saturated rings. The highest BCUT2D eigenvalue weighted by molar-refractivity contribution is 5.82. The topological polar surface area (TPSA) is 26.3 Å². The summed E-state index contributed by atoms with van der Waals surface area (Å²) in [5.74, 6) is -0.147. The van der Waals surface area contributed by atoms with Crippen LogP contribution in [-0.2, 0) is 9.53 Å². The Morgan fingerprint density at radius 1 is 1.05 bits per heavy atom. The average Bonchev–Trinajstić information content (AvgIpc) is 2.80. The van der Waals surface area contributed by atoms with Crippen LogP contribution in [0, 0.1) is 0 Å². The van der Waals surface area contributed by atoms with Crippen molar-refractivity contribution in [3.8, 4) is 11.1 Å². The number of rotatable bonds is 3. The fourth-order valence-electron chi connectivity index (χ4n) is 2.79. The van der Waals surface area contributed by atoms with Crippen LogP contribution in [0.4, 0.5) is 0 Å². The zero-order valence-electron chi connectivity index (χ0n) is 11.4. The van der Waals surface area contributed by atoms with E-state index in [-0.39, 0.29) is 11.9 Å². The summed E-state index contributed by atoms with van der Waals surface area (Å²) in [4.78, 5) is 11.5. The Morgan fingerprint density at radius 3 is 2.15 bits per heavy atom. The molecule has 20 heavy (non-hydrogen) atoms. The number of hydrogen-bond acceptors (Lipinski definition) is 2. The third-order valence-electron chi connectivity index (χ3n) is 3.66. The van der Waals surface area contributed by atoms with Gasteiger partial charge in [0.25, 0.3) is 0 Å². The number of carbonyl (C=O) groups is 1. The molecule has 1 aliphatic rings. The van der Waals surface area contributed by atoms with Gasteiger partial charge in [0.05, 0.1) is 0 Å². The molecule has 0 unspecified atom stereocenters. The van der Waals surface area contributed by atoms with Crippen molar-refractivity contribution in [2.45, 2.75) is 12.8 Å². The van der Waals surface area contributed by atoms with Crippen molar-refractivity contribution >= 4 is 5.97 Å². The molecule has 2 heteroatoms. The van der Waals surface area contributed by atoms with E-state index in [4.69, 9.17) is 4.74 Å². The number of carbonyl (C=O) groups excluding carboxylic acids is 1. The van der Waals surface area contributed by atoms with Gasteiger partial charge in [-0.3, -0.25) is 0 Å². The highest BCUT2D eigenvalue weighted by Gasteiger charge is 2.28. The van der Waals surface area contributed by atoms with Crippen LogP contribution >= 0.6 is 0 Å². The van der Waals surface area contributed by atoms with E-state index in [1.807, 2.05) is 24.3 Å². The Kier molecular flexibility index (Phi) is 3.38. The molecule has 0 aromatic heterocycles. The van der Waals surface area contributed by atoms with Crippen molar-refractivity contribution in [3.63, 3.8) is 0 Å². The van der Waals surface area contributed by atoms with Gasteiger partial charge in [0.15, 0.2) is 0 Å². The molecule has 0 saturated carbocycles. The van der Waals surface area contributed by atoms with E-state index in [1.54, 1.807) is 13.0 Å². The summed E-state index contributed by atoms with van der Waals surface area (Å²) in [6, 6.07) is 16.6. The Bertz CT molecular complexity index is 625. The fraction of sp³-hybridized carbons (Fsp3) is 0.167. The first kappa shape index (κ1) is 12.7. The lowest BCUT2D eigenvalue weighted by molar-refractivity contribution is -0.138. The Balaban J connectivity index is 1.93. The van der Waals surface area contributed by atoms with Gasteiger partial charge >= 0.3 is 5.97 Å². The van der Waals surface area contributed by atoms with Gasteiger partial charge < -0.3 is 4.74 Å². The van der Waals surface area contributed by atoms with Gasteiger partial charge in [0.2, 0.25) is 0 Å². The summed E-state index contributed by atoms with van der Waals surface area (Å²) in [5.41, 5.74) is 4.97. The smallest absolute Gasteiger partial charge is 0.330 e. The third-order valence-corrected chi connectivity index (χ3v) is 3.66. The number of benzene rings is 2. The summed E-state index contributed by atoms with van der Waals surface area (Å²) < 4.78 is 5.35. The molecule has 1 aliphatic carbocycles. The maximum atomic E-state index is 11.5. The SMILES string of the molecule is C/C=C/C(=O)OCC1c2ccccc2-c2ccccc21. The second-order valence-electron chi connectivity index (χ2n) is 4.86. The molecule has 2 aromatic rings. The van der Waals surface area contributed by atoms with Gasteiger partial charge in [-0.15, -0.1) is 0 Å². The van der Waals surface area contributed by atoms with Gasteiger partial charge in [-0.25, -0.2) is 4.79 Å². The van der Waals surface area contributed by atoms with E-state index in [2.05, 4.69) is 24.3 Å². The van der Waals surface area contributed by atoms with Crippen molar-refractivity contribution in [3.05, 3.63) is 71.8 Å². The normalized spacial score (nSPS) is 13.2. The Morgan fingerprint density at radius 2 is 1.60 bits per heavy atom. The van der Waals surface area contributed by atoms with Crippen molar-refractivity contribution in [2.75, 3.05) is 6.61 Å². The first-order valence-electron chi connectivity index (χ1n) is 6.79. The Labute approximate surface area is 118 Å². The second kappa shape index (κ2) is 5.33. The molecule has 2 aromatic carbocycles. The van der Waals surface area contributed by atoms with Crippen molar-refractivity contribution in [1.29, 1.82) is 0 Å². The molecule has 0 radical (unpaired) electrons. The van der Waals surface area contributed by atoms with E-state index in [0.29, 0.717) is 6.61 Å². The molecule has 0 bridgehead atoms. The lowest BCUT2D eigenvalue weighted by Crippen LogP contribution is -2.10. The van der Waals surface area contributed by atoms with E-state index < -0.39 is 0 Å². The fourth-order valence-corrected chi connectivity index (χ4v) is 2.79. The second-order valence-corrected chi connectivity index (χ2v) is 4.86. The maximum Gasteiger partial charge on any atom is 0.330 e. The largest absolute Gasteiger partial charge is 0.462 e. The minimum Gasteiger partial charge on any atom is -0.462 e. The van der Waals surface area contributed by atoms with Crippen LogP contribution in [0.5, 0.6) is 0 Å². The Hall–Kier alpha value is -2.35. The molecule has 0 heterocycles. The van der Waals surface area contributed by atoms with Crippen molar-refractivity contribution in [2.24, 2.45) is 0 Å². The minimum atomic E-state index is -0.283. The molecular formula is C18H16O2. The zero-order chi connectivity index (χ0) is 13.9. The lowest BCUT2D eigenvalue weighted by atomic mass is 9.98. The van der Waals surface area contributed by atoms with E-state index in [0.717, 1.165) is 0 Å². The van der Waals surface area contributed by atoms with Crippen molar-refractivity contribution < 1.29 is 9.53 Å². The molecule has 100 valence electrons. The van der Waals surface area contributed by atoms with Gasteiger partial charge in [0.1, 0.15) is 6.61 Å². The molecule has 0 atom stereocenters. The number of ether oxygens (including phenoxy) is 1. The van der Waals surface area contributed by atoms with E-state index >= 15 is 0 Å². The predicted molar refractivity (Wildman–Crippen MR) is 79.5 cm³/mol. The van der Waals surface area contributed by atoms with Crippen LogP contribution in [0.2, 0.25) is 0 Å². The minimum absolute atomic E-state index is 0.136. The van der Waals surface area contributed by atoms with Crippen LogP contribution in [0.1, 0.15) is 24.0 Å². The van der Waals surface area contributed by atoms with Crippen LogP contribution in [0.15, 0.2) is 60.7 Å². The van der Waals surface area contributed by atoms with Gasteiger partial charge in [-0.2, -0.15) is 0 Å². The number of allylic oxidation sites excluding steroid dienone is 1. The highest BCUT2D eigenvalue weighted by Crippen LogP contribution is 2.44. The summed E-state index contributed by atoms with van der Waals surface area (Å²) in [6.45, 7) is 2.19. The highest BCUT2D eigenvalue weighted by atomic mass is 16.5. The maximum absolute atomic E-state index is 11.5. The molecule has 0 amide bonds. The first-order valence-corrected chi connectivity index (χ1v) is 6.79. The standard InChI is InChI=1S/C18H16O2/c1-2-7-18(19)20-12-17-15-10-5-3-8-13(15)14-9-4-6-11-16(14)17/h2-11,17H,12H2,1H3/b7-2+. The number of esters is 1. The van der Waals surface area contributed by atoms with Gasteiger partial charge in [-0.05, 0) is 29.2 Å². The molecule has 0 N–H and O–H groups in total. The summed E-state index contributed by atoms with van der Waals surface area (Å²) >= 11 is 0. The summed E-state index contributed by atoms with van der Waals surface area (Å²) in [6.07, 6.45) is 3.14. The van der Waals surface area contributed by atoms with Crippen LogP contribution in [-0.4, -0.2) is 12.6 Å². The summed E-state index contributed by atoms with van der Waals surface area (Å²) in [7, 11) is 0. The van der Waals surface area contributed by atoms with Gasteiger partial charge in [-0.1, -0.05) is 54.6 Å². The van der Waals surface area contributed by atoms with E-state index in [9.17, 15) is 4.79 Å².